The Morgan fingerprint density at radius 2 is 1.96 bits per heavy atom. The smallest absolute Gasteiger partial charge is 0.191 e. The van der Waals surface area contributed by atoms with Gasteiger partial charge in [-0.15, -0.1) is 35.3 Å². The minimum Gasteiger partial charge on any atom is -0.357 e. The second-order valence-electron chi connectivity index (χ2n) is 6.12. The third-order valence-electron chi connectivity index (χ3n) is 4.36. The standard InChI is InChI=1S/C17H31N5S.HI/c1-5-15(22-9-7-8-10-22)11-19-17(18-6-2)20-12-16-13(3)21-14(4)23-16;/h15H,5-12H2,1-4H3,(H2,18,19,20);1H. The normalized spacial score (nSPS) is 16.8. The van der Waals surface area contributed by atoms with Crippen molar-refractivity contribution in [2.24, 2.45) is 4.99 Å². The van der Waals surface area contributed by atoms with Crippen LogP contribution in [0.4, 0.5) is 0 Å². The van der Waals surface area contributed by atoms with Crippen molar-refractivity contribution in [3.8, 4) is 0 Å². The summed E-state index contributed by atoms with van der Waals surface area (Å²) >= 11 is 1.74. The lowest BCUT2D eigenvalue weighted by Crippen LogP contribution is -2.46. The molecule has 138 valence electrons. The van der Waals surface area contributed by atoms with E-state index in [-0.39, 0.29) is 24.0 Å². The minimum absolute atomic E-state index is 0. The van der Waals surface area contributed by atoms with E-state index in [1.807, 2.05) is 0 Å². The van der Waals surface area contributed by atoms with Crippen LogP contribution >= 0.6 is 35.3 Å². The molecule has 0 bridgehead atoms. The molecule has 1 fully saturated rings. The van der Waals surface area contributed by atoms with Crippen LogP contribution in [0.15, 0.2) is 4.99 Å². The van der Waals surface area contributed by atoms with E-state index >= 15 is 0 Å². The summed E-state index contributed by atoms with van der Waals surface area (Å²) in [5, 5.41) is 8.00. The third-order valence-corrected chi connectivity index (χ3v) is 5.42. The molecule has 0 aromatic carbocycles. The van der Waals surface area contributed by atoms with Crippen molar-refractivity contribution in [1.29, 1.82) is 0 Å². The van der Waals surface area contributed by atoms with E-state index in [0.29, 0.717) is 12.6 Å². The average Bonchev–Trinajstić information content (AvgIpc) is 3.15. The van der Waals surface area contributed by atoms with Gasteiger partial charge in [-0.25, -0.2) is 9.98 Å². The number of aryl methyl sites for hydroxylation is 2. The Balaban J connectivity index is 0.00000288. The van der Waals surface area contributed by atoms with E-state index in [1.165, 1.54) is 37.2 Å². The van der Waals surface area contributed by atoms with Crippen LogP contribution in [0.25, 0.3) is 0 Å². The highest BCUT2D eigenvalue weighted by Crippen LogP contribution is 2.18. The maximum absolute atomic E-state index is 4.74. The number of rotatable bonds is 7. The van der Waals surface area contributed by atoms with Crippen molar-refractivity contribution in [1.82, 2.24) is 20.5 Å². The summed E-state index contributed by atoms with van der Waals surface area (Å²) in [6.07, 6.45) is 3.86. The summed E-state index contributed by atoms with van der Waals surface area (Å²) < 4.78 is 0. The lowest BCUT2D eigenvalue weighted by molar-refractivity contribution is 0.236. The van der Waals surface area contributed by atoms with Gasteiger partial charge in [-0.2, -0.15) is 0 Å². The van der Waals surface area contributed by atoms with Crippen LogP contribution in [0.2, 0.25) is 0 Å². The van der Waals surface area contributed by atoms with Crippen molar-refractivity contribution in [2.75, 3.05) is 26.2 Å². The number of aliphatic imine (C=N–C) groups is 1. The summed E-state index contributed by atoms with van der Waals surface area (Å²) in [5.74, 6) is 0.913. The molecule has 0 aliphatic carbocycles. The quantitative estimate of drug-likeness (QED) is 0.369. The van der Waals surface area contributed by atoms with Crippen LogP contribution in [0, 0.1) is 13.8 Å². The average molecular weight is 465 g/mol. The van der Waals surface area contributed by atoms with E-state index in [2.05, 4.69) is 48.2 Å². The molecule has 1 unspecified atom stereocenters. The zero-order valence-corrected chi connectivity index (χ0v) is 18.5. The Bertz CT molecular complexity index is 511. The van der Waals surface area contributed by atoms with Gasteiger partial charge in [0.05, 0.1) is 17.2 Å². The van der Waals surface area contributed by atoms with Gasteiger partial charge in [0.2, 0.25) is 0 Å². The Kier molecular flexibility index (Phi) is 10.1. The highest BCUT2D eigenvalue weighted by Gasteiger charge is 2.20. The first-order valence-corrected chi connectivity index (χ1v) is 9.64. The van der Waals surface area contributed by atoms with Gasteiger partial charge >= 0.3 is 0 Å². The van der Waals surface area contributed by atoms with Gasteiger partial charge in [0.15, 0.2) is 5.96 Å². The maximum Gasteiger partial charge on any atom is 0.191 e. The van der Waals surface area contributed by atoms with Crippen LogP contribution in [0.3, 0.4) is 0 Å². The van der Waals surface area contributed by atoms with E-state index in [9.17, 15) is 0 Å². The number of thiazole rings is 1. The fraction of sp³-hybridized carbons (Fsp3) is 0.765. The van der Waals surface area contributed by atoms with Gasteiger partial charge in [-0.05, 0) is 53.1 Å². The number of hydrogen-bond acceptors (Lipinski definition) is 4. The molecule has 1 aromatic rings. The Hall–Kier alpha value is -0.410. The highest BCUT2D eigenvalue weighted by molar-refractivity contribution is 14.0. The molecular formula is C17H32IN5S. The van der Waals surface area contributed by atoms with Crippen LogP contribution in [0.5, 0.6) is 0 Å². The van der Waals surface area contributed by atoms with E-state index in [1.54, 1.807) is 11.3 Å². The number of nitrogens with zero attached hydrogens (tertiary/aromatic N) is 3. The molecule has 1 aliphatic heterocycles. The SMILES string of the molecule is CCNC(=NCc1sc(C)nc1C)NCC(CC)N1CCCC1.I. The number of aromatic nitrogens is 1. The number of guanidine groups is 1. The van der Waals surface area contributed by atoms with Crippen LogP contribution < -0.4 is 10.6 Å². The molecule has 1 aliphatic rings. The number of nitrogens with one attached hydrogen (secondary N) is 2. The molecule has 1 aromatic heterocycles. The molecule has 0 radical (unpaired) electrons. The molecule has 0 amide bonds. The first-order valence-electron chi connectivity index (χ1n) is 8.83. The number of halogens is 1. The number of likely N-dealkylation sites (tertiary alicyclic amines) is 1. The summed E-state index contributed by atoms with van der Waals surface area (Å²) in [6, 6.07) is 0.605. The molecule has 2 N–H and O–H groups in total. The molecule has 7 heteroatoms. The number of hydrogen-bond donors (Lipinski definition) is 2. The zero-order valence-electron chi connectivity index (χ0n) is 15.4. The lowest BCUT2D eigenvalue weighted by atomic mass is 10.2. The van der Waals surface area contributed by atoms with E-state index < -0.39 is 0 Å². The molecule has 0 spiro atoms. The molecule has 24 heavy (non-hydrogen) atoms. The maximum atomic E-state index is 4.74. The van der Waals surface area contributed by atoms with E-state index in [0.717, 1.165) is 29.8 Å². The van der Waals surface area contributed by atoms with Crippen molar-refractivity contribution >= 4 is 41.3 Å². The largest absolute Gasteiger partial charge is 0.357 e. The van der Waals surface area contributed by atoms with Crippen molar-refractivity contribution in [3.05, 3.63) is 15.6 Å². The van der Waals surface area contributed by atoms with Gasteiger partial charge in [0.25, 0.3) is 0 Å². The Morgan fingerprint density at radius 1 is 1.25 bits per heavy atom. The van der Waals surface area contributed by atoms with Crippen molar-refractivity contribution in [3.63, 3.8) is 0 Å². The molecule has 5 nitrogen and oxygen atoms in total. The summed E-state index contributed by atoms with van der Waals surface area (Å²) in [7, 11) is 0. The minimum atomic E-state index is 0. The van der Waals surface area contributed by atoms with Crippen molar-refractivity contribution in [2.45, 2.75) is 59.5 Å². The van der Waals surface area contributed by atoms with Gasteiger partial charge < -0.3 is 10.6 Å². The molecular weight excluding hydrogens is 433 g/mol. The molecule has 2 heterocycles. The topological polar surface area (TPSA) is 52.6 Å². The van der Waals surface area contributed by atoms with Gasteiger partial charge in [0, 0.05) is 24.0 Å². The van der Waals surface area contributed by atoms with Gasteiger partial charge in [0.1, 0.15) is 0 Å². The van der Waals surface area contributed by atoms with Crippen LogP contribution in [-0.2, 0) is 6.54 Å². The third kappa shape index (κ3) is 6.48. The predicted octanol–water partition coefficient (Wildman–Crippen LogP) is 3.31. The fourth-order valence-corrected chi connectivity index (χ4v) is 3.93. The molecule has 1 atom stereocenters. The molecule has 1 saturated heterocycles. The lowest BCUT2D eigenvalue weighted by Gasteiger charge is -2.27. The van der Waals surface area contributed by atoms with Gasteiger partial charge in [-0.1, -0.05) is 6.92 Å². The van der Waals surface area contributed by atoms with Crippen LogP contribution in [0.1, 0.15) is 48.7 Å². The molecule has 2 rings (SSSR count). The van der Waals surface area contributed by atoms with Gasteiger partial charge in [-0.3, -0.25) is 4.90 Å². The fourth-order valence-electron chi connectivity index (χ4n) is 3.07. The summed E-state index contributed by atoms with van der Waals surface area (Å²) in [5.41, 5.74) is 1.11. The second kappa shape index (κ2) is 11.3. The van der Waals surface area contributed by atoms with Crippen LogP contribution in [-0.4, -0.2) is 48.1 Å². The zero-order chi connectivity index (χ0) is 16.7. The highest BCUT2D eigenvalue weighted by atomic mass is 127. The Labute approximate surface area is 167 Å². The molecule has 0 saturated carbocycles. The summed E-state index contributed by atoms with van der Waals surface area (Å²) in [6.45, 7) is 13.5. The first-order chi connectivity index (χ1) is 11.1. The summed E-state index contributed by atoms with van der Waals surface area (Å²) in [4.78, 5) is 13.1. The first kappa shape index (κ1) is 21.6. The predicted molar refractivity (Wildman–Crippen MR) is 115 cm³/mol. The van der Waals surface area contributed by atoms with E-state index in [4.69, 9.17) is 4.99 Å². The second-order valence-corrected chi connectivity index (χ2v) is 7.41. The van der Waals surface area contributed by atoms with Crippen molar-refractivity contribution < 1.29 is 0 Å². The Morgan fingerprint density at radius 3 is 2.50 bits per heavy atom. The monoisotopic (exact) mass is 465 g/mol.